The minimum Gasteiger partial charge on any atom is -0.482 e. The Morgan fingerprint density at radius 1 is 1.40 bits per heavy atom. The monoisotopic (exact) mass is 363 g/mol. The molecule has 0 aliphatic carbocycles. The fourth-order valence-corrected chi connectivity index (χ4v) is 2.33. The number of anilines is 2. The van der Waals surface area contributed by atoms with Crippen LogP contribution in [0.1, 0.15) is 16.2 Å². The number of hydrazine groups is 1. The summed E-state index contributed by atoms with van der Waals surface area (Å²) in [6.45, 7) is 0.106. The van der Waals surface area contributed by atoms with Crippen LogP contribution in [-0.4, -0.2) is 35.5 Å². The molecule has 0 fully saturated rings. The summed E-state index contributed by atoms with van der Waals surface area (Å²) in [7, 11) is 1.51. The molecule has 1 aliphatic rings. The number of benzene rings is 1. The van der Waals surface area contributed by atoms with E-state index in [0.717, 1.165) is 0 Å². The molecule has 3 rings (SSSR count). The van der Waals surface area contributed by atoms with Gasteiger partial charge in [-0.3, -0.25) is 20.4 Å². The Balaban J connectivity index is 1.68. The lowest BCUT2D eigenvalue weighted by Crippen LogP contribution is -2.30. The molecular weight excluding hydrogens is 350 g/mol. The van der Waals surface area contributed by atoms with Gasteiger partial charge in [-0.05, 0) is 18.2 Å². The lowest BCUT2D eigenvalue weighted by molar-refractivity contribution is -0.118. The van der Waals surface area contributed by atoms with Crippen molar-refractivity contribution >= 4 is 34.9 Å². The van der Waals surface area contributed by atoms with Crippen LogP contribution in [0, 0.1) is 0 Å². The van der Waals surface area contributed by atoms with Crippen molar-refractivity contribution < 1.29 is 19.1 Å². The van der Waals surface area contributed by atoms with Gasteiger partial charge in [-0.25, -0.2) is 9.97 Å². The van der Waals surface area contributed by atoms with Gasteiger partial charge in [0.1, 0.15) is 23.3 Å². The summed E-state index contributed by atoms with van der Waals surface area (Å²) < 4.78 is 10.2. The van der Waals surface area contributed by atoms with Gasteiger partial charge in [-0.2, -0.15) is 0 Å². The average Bonchev–Trinajstić information content (AvgIpc) is 2.59. The molecule has 130 valence electrons. The standard InChI is InChI=1S/C15H14ClN5O4/c1-24-6-13-18-11(16)5-12(19-13)20-21-15(23)8-2-3-9-10(4-8)25-7-14(22)17-9/h2-5H,6-7H2,1H3,(H,17,22)(H,21,23)(H,18,19,20). The van der Waals surface area contributed by atoms with Gasteiger partial charge in [0.05, 0.1) is 5.69 Å². The molecule has 0 saturated carbocycles. The Hall–Kier alpha value is -2.91. The molecule has 1 aromatic carbocycles. The van der Waals surface area contributed by atoms with E-state index in [1.807, 2.05) is 0 Å². The summed E-state index contributed by atoms with van der Waals surface area (Å²) >= 11 is 5.90. The largest absolute Gasteiger partial charge is 0.482 e. The first-order valence-electron chi connectivity index (χ1n) is 7.20. The highest BCUT2D eigenvalue weighted by Gasteiger charge is 2.18. The Morgan fingerprint density at radius 2 is 2.24 bits per heavy atom. The van der Waals surface area contributed by atoms with E-state index in [2.05, 4.69) is 26.1 Å². The number of aromatic nitrogens is 2. The van der Waals surface area contributed by atoms with Crippen LogP contribution in [0.25, 0.3) is 0 Å². The Morgan fingerprint density at radius 3 is 3.04 bits per heavy atom. The Labute approximate surface area is 147 Å². The fraction of sp³-hybridized carbons (Fsp3) is 0.200. The van der Waals surface area contributed by atoms with Gasteiger partial charge in [-0.15, -0.1) is 0 Å². The molecule has 0 atom stereocenters. The molecule has 2 heterocycles. The van der Waals surface area contributed by atoms with Gasteiger partial charge < -0.3 is 14.8 Å². The molecule has 3 N–H and O–H groups in total. The Kier molecular flexibility index (Phi) is 4.96. The first-order valence-corrected chi connectivity index (χ1v) is 7.58. The van der Waals surface area contributed by atoms with E-state index in [1.165, 1.54) is 19.2 Å². The van der Waals surface area contributed by atoms with Crippen LogP contribution in [0.4, 0.5) is 11.5 Å². The lowest BCUT2D eigenvalue weighted by Gasteiger charge is -2.18. The molecule has 10 heteroatoms. The van der Waals surface area contributed by atoms with E-state index < -0.39 is 5.91 Å². The highest BCUT2D eigenvalue weighted by atomic mass is 35.5. The van der Waals surface area contributed by atoms with Crippen molar-refractivity contribution in [1.29, 1.82) is 0 Å². The number of rotatable bonds is 5. The van der Waals surface area contributed by atoms with Crippen LogP contribution < -0.4 is 20.9 Å². The van der Waals surface area contributed by atoms with Gasteiger partial charge in [0.25, 0.3) is 11.8 Å². The number of fused-ring (bicyclic) bond motifs is 1. The van der Waals surface area contributed by atoms with E-state index in [1.54, 1.807) is 12.1 Å². The summed E-state index contributed by atoms with van der Waals surface area (Å²) in [6, 6.07) is 6.16. The van der Waals surface area contributed by atoms with Crippen molar-refractivity contribution in [2.24, 2.45) is 0 Å². The highest BCUT2D eigenvalue weighted by molar-refractivity contribution is 6.29. The summed E-state index contributed by atoms with van der Waals surface area (Å²) in [6.07, 6.45) is 0. The van der Waals surface area contributed by atoms with Crippen LogP contribution in [0.2, 0.25) is 5.15 Å². The molecule has 1 aromatic heterocycles. The van der Waals surface area contributed by atoms with Crippen LogP contribution in [-0.2, 0) is 16.1 Å². The maximum Gasteiger partial charge on any atom is 0.269 e. The molecule has 0 bridgehead atoms. The normalized spacial score (nSPS) is 12.6. The van der Waals surface area contributed by atoms with Crippen molar-refractivity contribution in [3.05, 3.63) is 40.8 Å². The van der Waals surface area contributed by atoms with Crippen LogP contribution in [0.15, 0.2) is 24.3 Å². The molecule has 25 heavy (non-hydrogen) atoms. The molecule has 2 aromatic rings. The predicted octanol–water partition coefficient (Wildman–Crippen LogP) is 1.36. The summed E-state index contributed by atoms with van der Waals surface area (Å²) in [4.78, 5) is 31.6. The van der Waals surface area contributed by atoms with Crippen molar-refractivity contribution in [3.8, 4) is 5.75 Å². The molecule has 1 aliphatic heterocycles. The molecule has 2 amide bonds. The topological polar surface area (TPSA) is 114 Å². The van der Waals surface area contributed by atoms with Crippen molar-refractivity contribution in [3.63, 3.8) is 0 Å². The van der Waals surface area contributed by atoms with Gasteiger partial charge in [-0.1, -0.05) is 11.6 Å². The number of carbonyl (C=O) groups is 2. The van der Waals surface area contributed by atoms with Gasteiger partial charge in [0.15, 0.2) is 12.4 Å². The number of nitrogens with zero attached hydrogens (tertiary/aromatic N) is 2. The third-order valence-electron chi connectivity index (χ3n) is 3.20. The van der Waals surface area contributed by atoms with Crippen molar-refractivity contribution in [2.45, 2.75) is 6.61 Å². The number of hydrogen-bond acceptors (Lipinski definition) is 7. The second-order valence-corrected chi connectivity index (χ2v) is 5.44. The summed E-state index contributed by atoms with van der Waals surface area (Å²) in [5.74, 6) is 0.483. The van der Waals surface area contributed by atoms with Gasteiger partial charge >= 0.3 is 0 Å². The third-order valence-corrected chi connectivity index (χ3v) is 3.39. The second-order valence-electron chi connectivity index (χ2n) is 5.05. The zero-order valence-electron chi connectivity index (χ0n) is 13.1. The average molecular weight is 364 g/mol. The zero-order valence-corrected chi connectivity index (χ0v) is 13.9. The number of hydrogen-bond donors (Lipinski definition) is 3. The molecule has 0 unspecified atom stereocenters. The number of methoxy groups -OCH3 is 1. The van der Waals surface area contributed by atoms with E-state index in [-0.39, 0.29) is 24.3 Å². The van der Waals surface area contributed by atoms with E-state index >= 15 is 0 Å². The quantitative estimate of drug-likeness (QED) is 0.542. The van der Waals surface area contributed by atoms with E-state index in [0.29, 0.717) is 28.6 Å². The van der Waals surface area contributed by atoms with Crippen LogP contribution >= 0.6 is 11.6 Å². The Bertz CT molecular complexity index is 830. The first kappa shape index (κ1) is 16.9. The van der Waals surface area contributed by atoms with E-state index in [4.69, 9.17) is 21.1 Å². The second kappa shape index (κ2) is 7.32. The molecule has 0 spiro atoms. The number of nitrogens with one attached hydrogen (secondary N) is 3. The molecule has 9 nitrogen and oxygen atoms in total. The number of amides is 2. The number of carbonyl (C=O) groups excluding carboxylic acids is 2. The van der Waals surface area contributed by atoms with Gasteiger partial charge in [0.2, 0.25) is 0 Å². The minimum atomic E-state index is -0.411. The van der Waals surface area contributed by atoms with Crippen LogP contribution in [0.3, 0.4) is 0 Å². The van der Waals surface area contributed by atoms with Crippen molar-refractivity contribution in [2.75, 3.05) is 24.5 Å². The van der Waals surface area contributed by atoms with E-state index in [9.17, 15) is 9.59 Å². The molecule has 0 radical (unpaired) electrons. The van der Waals surface area contributed by atoms with Crippen LogP contribution in [0.5, 0.6) is 5.75 Å². The fourth-order valence-electron chi connectivity index (χ4n) is 2.13. The third kappa shape index (κ3) is 4.14. The molecular formula is C15H14ClN5O4. The smallest absolute Gasteiger partial charge is 0.269 e. The molecule has 0 saturated heterocycles. The highest BCUT2D eigenvalue weighted by Crippen LogP contribution is 2.28. The number of halogens is 1. The number of ether oxygens (including phenoxy) is 2. The maximum atomic E-state index is 12.2. The van der Waals surface area contributed by atoms with Crippen molar-refractivity contribution in [1.82, 2.24) is 15.4 Å². The van der Waals surface area contributed by atoms with Gasteiger partial charge in [0, 0.05) is 18.7 Å². The summed E-state index contributed by atoms with van der Waals surface area (Å²) in [5, 5.41) is 2.87. The summed E-state index contributed by atoms with van der Waals surface area (Å²) in [5.41, 5.74) is 6.04. The predicted molar refractivity (Wildman–Crippen MR) is 89.4 cm³/mol. The maximum absolute atomic E-state index is 12.2. The minimum absolute atomic E-state index is 0.0853. The zero-order chi connectivity index (χ0) is 17.8. The SMILES string of the molecule is COCc1nc(Cl)cc(NNC(=O)c2ccc3c(c2)OCC(=O)N3)n1. The lowest BCUT2D eigenvalue weighted by atomic mass is 10.1. The first-order chi connectivity index (χ1) is 12.0.